The van der Waals surface area contributed by atoms with Crippen molar-refractivity contribution in [2.75, 3.05) is 0 Å². The third-order valence-electron chi connectivity index (χ3n) is 1.03. The molecule has 0 N–H and O–H groups in total. The lowest BCUT2D eigenvalue weighted by Gasteiger charge is -1.96. The van der Waals surface area contributed by atoms with E-state index in [-0.39, 0.29) is 0 Å². The van der Waals surface area contributed by atoms with Gasteiger partial charge in [0.15, 0.2) is 0 Å². The van der Waals surface area contributed by atoms with Crippen molar-refractivity contribution in [3.8, 4) is 6.07 Å². The van der Waals surface area contributed by atoms with E-state index in [1.165, 1.54) is 0 Å². The minimum atomic E-state index is 0.656. The van der Waals surface area contributed by atoms with Crippen molar-refractivity contribution in [1.29, 1.82) is 5.26 Å². The van der Waals surface area contributed by atoms with Gasteiger partial charge in [0.1, 0.15) is 0 Å². The Morgan fingerprint density at radius 1 is 1.78 bits per heavy atom. The van der Waals surface area contributed by atoms with Gasteiger partial charge in [0.25, 0.3) is 0 Å². The van der Waals surface area contributed by atoms with Crippen LogP contribution >= 0.6 is 12.2 Å². The van der Waals surface area contributed by atoms with E-state index in [2.05, 4.69) is 6.08 Å². The Labute approximate surface area is 59.3 Å². The number of thiocarbonyl (C=S) groups is 1. The van der Waals surface area contributed by atoms with Crippen LogP contribution in [0.4, 0.5) is 0 Å². The molecule has 1 radical (unpaired) electrons. The maximum atomic E-state index is 8.34. The van der Waals surface area contributed by atoms with Crippen molar-refractivity contribution in [1.82, 2.24) is 0 Å². The van der Waals surface area contributed by atoms with E-state index in [9.17, 15) is 0 Å². The van der Waals surface area contributed by atoms with Crippen molar-refractivity contribution >= 4 is 17.1 Å². The summed E-state index contributed by atoms with van der Waals surface area (Å²) >= 11 is 4.81. The van der Waals surface area contributed by atoms with Gasteiger partial charge in [-0.25, -0.2) is 0 Å². The molecule has 0 atom stereocenters. The molecule has 1 rings (SSSR count). The van der Waals surface area contributed by atoms with Crippen molar-refractivity contribution in [3.63, 3.8) is 0 Å². The van der Waals surface area contributed by atoms with Crippen LogP contribution in [0.15, 0.2) is 17.7 Å². The molecular weight excluding hydrogens is 130 g/mol. The normalized spacial score (nSPS) is 16.8. The molecule has 0 saturated carbocycles. The van der Waals surface area contributed by atoms with Crippen LogP contribution in [0, 0.1) is 17.4 Å². The van der Waals surface area contributed by atoms with E-state index in [4.69, 9.17) is 17.5 Å². The highest BCUT2D eigenvalue weighted by Gasteiger charge is 1.97. The first-order chi connectivity index (χ1) is 4.33. The summed E-state index contributed by atoms with van der Waals surface area (Å²) in [5.74, 6) is 0. The van der Waals surface area contributed by atoms with Gasteiger partial charge in [-0.3, -0.25) is 0 Å². The van der Waals surface area contributed by atoms with Crippen LogP contribution in [0.2, 0.25) is 0 Å². The van der Waals surface area contributed by atoms with Crippen LogP contribution in [-0.4, -0.2) is 4.86 Å². The van der Waals surface area contributed by atoms with Crippen LogP contribution in [0.5, 0.6) is 0 Å². The van der Waals surface area contributed by atoms with Gasteiger partial charge in [-0.15, -0.1) is 0 Å². The molecule has 1 nitrogen and oxygen atoms in total. The zero-order chi connectivity index (χ0) is 6.69. The summed E-state index contributed by atoms with van der Waals surface area (Å²) in [6.45, 7) is 0. The standard InChI is InChI=1S/C7H4NS/c8-5-6-1-3-7(9)4-2-6/h1-2H,3H2. The van der Waals surface area contributed by atoms with Gasteiger partial charge in [-0.1, -0.05) is 18.3 Å². The molecule has 0 aromatic heterocycles. The zero-order valence-electron chi connectivity index (χ0n) is 4.72. The molecule has 0 aromatic rings. The van der Waals surface area contributed by atoms with Crippen LogP contribution in [-0.2, 0) is 0 Å². The molecule has 43 valence electrons. The minimum Gasteiger partial charge on any atom is -0.192 e. The lowest BCUT2D eigenvalue weighted by Crippen LogP contribution is -1.92. The third-order valence-corrected chi connectivity index (χ3v) is 1.31. The second kappa shape index (κ2) is 2.56. The molecule has 0 bridgehead atoms. The van der Waals surface area contributed by atoms with Crippen molar-refractivity contribution in [3.05, 3.63) is 23.8 Å². The summed E-state index contributed by atoms with van der Waals surface area (Å²) in [5, 5.41) is 8.34. The number of hydrogen-bond acceptors (Lipinski definition) is 2. The molecule has 1 aliphatic rings. The average Bonchev–Trinajstić information content (AvgIpc) is 1.90. The highest BCUT2D eigenvalue weighted by molar-refractivity contribution is 7.80. The summed E-state index contributed by atoms with van der Waals surface area (Å²) in [6.07, 6.45) is 6.91. The Hall–Kier alpha value is -0.940. The summed E-state index contributed by atoms with van der Waals surface area (Å²) < 4.78 is 0. The average molecular weight is 134 g/mol. The van der Waals surface area contributed by atoms with Gasteiger partial charge in [0, 0.05) is 16.9 Å². The second-order valence-electron chi connectivity index (χ2n) is 1.69. The number of allylic oxidation sites excluding steroid dienone is 4. The van der Waals surface area contributed by atoms with Crippen LogP contribution < -0.4 is 0 Å². The fourth-order valence-electron chi connectivity index (χ4n) is 0.557. The van der Waals surface area contributed by atoms with E-state index in [1.54, 1.807) is 12.2 Å². The molecule has 0 saturated heterocycles. The Bertz CT molecular complexity index is 230. The number of rotatable bonds is 0. The Morgan fingerprint density at radius 3 is 3.00 bits per heavy atom. The van der Waals surface area contributed by atoms with Gasteiger partial charge >= 0.3 is 0 Å². The smallest absolute Gasteiger partial charge is 0.0988 e. The lowest BCUT2D eigenvalue weighted by atomic mass is 10.1. The monoisotopic (exact) mass is 134 g/mol. The quantitative estimate of drug-likeness (QED) is 0.469. The predicted molar refractivity (Wildman–Crippen MR) is 38.7 cm³/mol. The van der Waals surface area contributed by atoms with Crippen LogP contribution in [0.3, 0.4) is 0 Å². The molecule has 1 aliphatic carbocycles. The molecule has 0 amide bonds. The fourth-order valence-corrected chi connectivity index (χ4v) is 0.699. The molecule has 0 aliphatic heterocycles. The summed E-state index contributed by atoms with van der Waals surface area (Å²) in [5.41, 5.74) is 0.656. The molecular formula is C7H4NS. The highest BCUT2D eigenvalue weighted by Crippen LogP contribution is 2.05. The summed E-state index contributed by atoms with van der Waals surface area (Å²) in [4.78, 5) is 0.772. The van der Waals surface area contributed by atoms with Crippen molar-refractivity contribution < 1.29 is 0 Å². The first kappa shape index (κ1) is 6.18. The van der Waals surface area contributed by atoms with Gasteiger partial charge in [0.05, 0.1) is 6.07 Å². The Kier molecular flexibility index (Phi) is 1.76. The van der Waals surface area contributed by atoms with Crippen molar-refractivity contribution in [2.24, 2.45) is 0 Å². The molecule has 2 heteroatoms. The molecule has 0 fully saturated rings. The highest BCUT2D eigenvalue weighted by atomic mass is 32.1. The zero-order valence-corrected chi connectivity index (χ0v) is 5.53. The lowest BCUT2D eigenvalue weighted by molar-refractivity contribution is 1.41. The maximum Gasteiger partial charge on any atom is 0.0988 e. The van der Waals surface area contributed by atoms with Crippen LogP contribution in [0.1, 0.15) is 6.42 Å². The third kappa shape index (κ3) is 1.48. The SMILES string of the molecule is N#CC1=CCC(=S)[C]=C1. The Morgan fingerprint density at radius 2 is 2.56 bits per heavy atom. The number of nitriles is 1. The second-order valence-corrected chi connectivity index (χ2v) is 2.18. The van der Waals surface area contributed by atoms with E-state index < -0.39 is 0 Å². The number of nitrogens with zero attached hydrogens (tertiary/aromatic N) is 1. The van der Waals surface area contributed by atoms with E-state index in [0.29, 0.717) is 12.0 Å². The fraction of sp³-hybridized carbons (Fsp3) is 0.143. The molecule has 0 heterocycles. The van der Waals surface area contributed by atoms with Crippen molar-refractivity contribution in [2.45, 2.75) is 6.42 Å². The van der Waals surface area contributed by atoms with Crippen LogP contribution in [0.25, 0.3) is 0 Å². The topological polar surface area (TPSA) is 23.8 Å². The molecule has 0 aromatic carbocycles. The number of hydrogen-bond donors (Lipinski definition) is 0. The van der Waals surface area contributed by atoms with Gasteiger partial charge in [0.2, 0.25) is 0 Å². The Balaban J connectivity index is 2.77. The molecule has 9 heavy (non-hydrogen) atoms. The maximum absolute atomic E-state index is 8.34. The van der Waals surface area contributed by atoms with Gasteiger partial charge in [-0.05, 0) is 12.2 Å². The van der Waals surface area contributed by atoms with Gasteiger partial charge in [-0.2, -0.15) is 5.26 Å². The summed E-state index contributed by atoms with van der Waals surface area (Å²) in [6, 6.07) is 2.01. The minimum absolute atomic E-state index is 0.656. The molecule has 0 unspecified atom stereocenters. The van der Waals surface area contributed by atoms with E-state index in [0.717, 1.165) is 4.86 Å². The predicted octanol–water partition coefficient (Wildman–Crippen LogP) is 1.57. The van der Waals surface area contributed by atoms with E-state index >= 15 is 0 Å². The van der Waals surface area contributed by atoms with Gasteiger partial charge < -0.3 is 0 Å². The first-order valence-corrected chi connectivity index (χ1v) is 2.96. The van der Waals surface area contributed by atoms with E-state index in [1.807, 2.05) is 6.07 Å². The summed E-state index contributed by atoms with van der Waals surface area (Å²) in [7, 11) is 0. The largest absolute Gasteiger partial charge is 0.192 e. The molecule has 0 spiro atoms. The first-order valence-electron chi connectivity index (χ1n) is 2.56.